The number of aryl methyl sites for hydroxylation is 1. The highest BCUT2D eigenvalue weighted by Crippen LogP contribution is 2.35. The Morgan fingerprint density at radius 1 is 1.16 bits per heavy atom. The number of para-hydroxylation sites is 1. The molecule has 0 heterocycles. The lowest BCUT2D eigenvalue weighted by Gasteiger charge is -2.21. The van der Waals surface area contributed by atoms with Crippen molar-refractivity contribution in [2.24, 2.45) is 11.5 Å². The van der Waals surface area contributed by atoms with E-state index in [-0.39, 0.29) is 0 Å². The van der Waals surface area contributed by atoms with Gasteiger partial charge in [-0.1, -0.05) is 43.9 Å². The van der Waals surface area contributed by atoms with Crippen LogP contribution >= 0.6 is 0 Å². The third kappa shape index (κ3) is 10.7. The SMILES string of the molecule is C=C(C)/C(=C/C(C)=C\N)C(=C)N.C=C(C)CCCOc1c(CC)cccc1C(C)(C)F. The Morgan fingerprint density at radius 2 is 1.77 bits per heavy atom. The second kappa shape index (κ2) is 13.5. The topological polar surface area (TPSA) is 61.3 Å². The summed E-state index contributed by atoms with van der Waals surface area (Å²) in [4.78, 5) is 0. The van der Waals surface area contributed by atoms with Gasteiger partial charge >= 0.3 is 0 Å². The maximum absolute atomic E-state index is 14.2. The van der Waals surface area contributed by atoms with Crippen molar-refractivity contribution in [3.8, 4) is 5.75 Å². The van der Waals surface area contributed by atoms with Gasteiger partial charge < -0.3 is 16.2 Å². The molecule has 172 valence electrons. The minimum Gasteiger partial charge on any atom is -0.493 e. The number of hydrogen-bond acceptors (Lipinski definition) is 3. The summed E-state index contributed by atoms with van der Waals surface area (Å²) in [6.07, 6.45) is 6.10. The summed E-state index contributed by atoms with van der Waals surface area (Å²) in [5.41, 5.74) is 15.6. The van der Waals surface area contributed by atoms with Crippen LogP contribution in [0.4, 0.5) is 4.39 Å². The van der Waals surface area contributed by atoms with Crippen LogP contribution in [0, 0.1) is 0 Å². The summed E-state index contributed by atoms with van der Waals surface area (Å²) >= 11 is 0. The molecule has 4 heteroatoms. The first-order chi connectivity index (χ1) is 14.3. The van der Waals surface area contributed by atoms with E-state index in [0.717, 1.165) is 52.9 Å². The first-order valence-corrected chi connectivity index (χ1v) is 10.6. The summed E-state index contributed by atoms with van der Waals surface area (Å²) < 4.78 is 20.1. The molecule has 0 saturated heterocycles. The summed E-state index contributed by atoms with van der Waals surface area (Å²) in [6, 6.07) is 5.72. The molecule has 0 aliphatic carbocycles. The van der Waals surface area contributed by atoms with E-state index < -0.39 is 5.67 Å². The predicted octanol–water partition coefficient (Wildman–Crippen LogP) is 7.01. The van der Waals surface area contributed by atoms with Crippen molar-refractivity contribution in [3.05, 3.63) is 89.3 Å². The average Bonchev–Trinajstić information content (AvgIpc) is 2.68. The van der Waals surface area contributed by atoms with Gasteiger partial charge in [0.1, 0.15) is 11.4 Å². The summed E-state index contributed by atoms with van der Waals surface area (Å²) in [6.45, 7) is 22.9. The lowest BCUT2D eigenvalue weighted by molar-refractivity contribution is 0.206. The number of nitrogens with two attached hydrogens (primary N) is 2. The third-order valence-electron chi connectivity index (χ3n) is 4.55. The Hall–Kier alpha value is -2.75. The Morgan fingerprint density at radius 3 is 2.19 bits per heavy atom. The second-order valence-corrected chi connectivity index (χ2v) is 8.30. The minimum absolute atomic E-state index is 0.517. The van der Waals surface area contributed by atoms with Crippen LogP contribution in [0.1, 0.15) is 65.5 Å². The Balaban J connectivity index is 0.000000649. The molecule has 0 saturated carbocycles. The molecule has 0 spiro atoms. The van der Waals surface area contributed by atoms with E-state index in [1.54, 1.807) is 13.8 Å². The maximum atomic E-state index is 14.2. The molecule has 31 heavy (non-hydrogen) atoms. The van der Waals surface area contributed by atoms with Crippen LogP contribution < -0.4 is 16.2 Å². The quantitative estimate of drug-likeness (QED) is 0.239. The van der Waals surface area contributed by atoms with Gasteiger partial charge in [-0.25, -0.2) is 4.39 Å². The molecular weight excluding hydrogens is 387 g/mol. The van der Waals surface area contributed by atoms with Crippen LogP contribution in [0.5, 0.6) is 5.75 Å². The molecule has 1 aromatic rings. The molecule has 1 rings (SSSR count). The zero-order chi connectivity index (χ0) is 24.2. The van der Waals surface area contributed by atoms with E-state index in [2.05, 4.69) is 26.7 Å². The molecule has 0 aromatic heterocycles. The van der Waals surface area contributed by atoms with Crippen molar-refractivity contribution in [2.45, 2.75) is 66.5 Å². The van der Waals surface area contributed by atoms with Gasteiger partial charge in [0, 0.05) is 11.3 Å². The highest BCUT2D eigenvalue weighted by molar-refractivity contribution is 5.45. The number of ether oxygens (including phenoxy) is 1. The minimum atomic E-state index is -1.38. The molecule has 1 aromatic carbocycles. The van der Waals surface area contributed by atoms with Crippen molar-refractivity contribution >= 4 is 0 Å². The maximum Gasteiger partial charge on any atom is 0.134 e. The van der Waals surface area contributed by atoms with Crippen molar-refractivity contribution in [1.82, 2.24) is 0 Å². The largest absolute Gasteiger partial charge is 0.493 e. The molecule has 0 radical (unpaired) electrons. The number of benzene rings is 1. The summed E-state index contributed by atoms with van der Waals surface area (Å²) in [7, 11) is 0. The second-order valence-electron chi connectivity index (χ2n) is 8.30. The molecule has 3 nitrogen and oxygen atoms in total. The van der Waals surface area contributed by atoms with E-state index >= 15 is 0 Å². The lowest BCUT2D eigenvalue weighted by atomic mass is 9.95. The van der Waals surface area contributed by atoms with Gasteiger partial charge in [0.15, 0.2) is 0 Å². The van der Waals surface area contributed by atoms with Gasteiger partial charge in [0.2, 0.25) is 0 Å². The lowest BCUT2D eigenvalue weighted by Crippen LogP contribution is -2.13. The van der Waals surface area contributed by atoms with Gasteiger partial charge in [0.25, 0.3) is 0 Å². The molecule has 0 aliphatic rings. The normalized spacial score (nSPS) is 12.0. The molecule has 4 N–H and O–H groups in total. The third-order valence-corrected chi connectivity index (χ3v) is 4.55. The predicted molar refractivity (Wildman–Crippen MR) is 134 cm³/mol. The van der Waals surface area contributed by atoms with Crippen LogP contribution in [0.15, 0.2) is 78.2 Å². The zero-order valence-electron chi connectivity index (χ0n) is 20.3. The standard InChI is InChI=1S/C17H25FO.C10H16N2/c1-6-14-10-7-11-15(17(4,5)18)16(14)19-12-8-9-13(2)3;1-7(2)10(9(4)12)5-8(3)6-11/h7,10-11H,2,6,8-9,12H2,1,3-5H3;5-6H,1,4,11-12H2,2-3H3/b;8-6-,10-5-. The van der Waals surface area contributed by atoms with Crippen LogP contribution in [-0.2, 0) is 12.1 Å². The molecule has 0 fully saturated rings. The molecule has 0 aliphatic heterocycles. The number of alkyl halides is 1. The van der Waals surface area contributed by atoms with E-state index in [0.29, 0.717) is 17.9 Å². The number of halogens is 1. The van der Waals surface area contributed by atoms with Crippen molar-refractivity contribution in [3.63, 3.8) is 0 Å². The van der Waals surface area contributed by atoms with Crippen LogP contribution in [-0.4, -0.2) is 6.61 Å². The molecule has 0 atom stereocenters. The van der Waals surface area contributed by atoms with Gasteiger partial charge in [-0.3, -0.25) is 0 Å². The van der Waals surface area contributed by atoms with Gasteiger partial charge in [-0.15, -0.1) is 6.58 Å². The van der Waals surface area contributed by atoms with Crippen LogP contribution in [0.25, 0.3) is 0 Å². The van der Waals surface area contributed by atoms with Crippen LogP contribution in [0.3, 0.4) is 0 Å². The van der Waals surface area contributed by atoms with E-state index in [9.17, 15) is 4.39 Å². The number of allylic oxidation sites excluding steroid dienone is 4. The fourth-order valence-electron chi connectivity index (χ4n) is 2.82. The first kappa shape index (κ1) is 28.2. The van der Waals surface area contributed by atoms with E-state index in [1.165, 1.54) is 6.20 Å². The molecule has 0 amide bonds. The van der Waals surface area contributed by atoms with Crippen LogP contribution in [0.2, 0.25) is 0 Å². The zero-order valence-corrected chi connectivity index (χ0v) is 20.3. The highest BCUT2D eigenvalue weighted by atomic mass is 19.1. The molecule has 0 unspecified atom stereocenters. The first-order valence-electron chi connectivity index (χ1n) is 10.6. The summed E-state index contributed by atoms with van der Waals surface area (Å²) in [5.74, 6) is 0.721. The summed E-state index contributed by atoms with van der Waals surface area (Å²) in [5, 5.41) is 0. The monoisotopic (exact) mass is 428 g/mol. The molecule has 0 bridgehead atoms. The van der Waals surface area contributed by atoms with Crippen molar-refractivity contribution in [2.75, 3.05) is 6.61 Å². The average molecular weight is 429 g/mol. The number of hydrogen-bond donors (Lipinski definition) is 2. The fraction of sp³-hybridized carbons (Fsp3) is 0.407. The van der Waals surface area contributed by atoms with E-state index in [4.69, 9.17) is 16.2 Å². The highest BCUT2D eigenvalue weighted by Gasteiger charge is 2.24. The smallest absolute Gasteiger partial charge is 0.134 e. The van der Waals surface area contributed by atoms with Gasteiger partial charge in [-0.05, 0) is 88.4 Å². The Kier molecular flexibility index (Phi) is 12.3. The molecular formula is C27H41FN2O. The van der Waals surface area contributed by atoms with Gasteiger partial charge in [0.05, 0.1) is 6.61 Å². The Labute approximate surface area is 189 Å². The fourth-order valence-corrected chi connectivity index (χ4v) is 2.82. The Bertz CT molecular complexity index is 810. The van der Waals surface area contributed by atoms with Crippen molar-refractivity contribution in [1.29, 1.82) is 0 Å². The van der Waals surface area contributed by atoms with Crippen molar-refractivity contribution < 1.29 is 9.13 Å². The number of rotatable bonds is 10. The van der Waals surface area contributed by atoms with Gasteiger partial charge in [-0.2, -0.15) is 0 Å². The van der Waals surface area contributed by atoms with E-state index in [1.807, 2.05) is 45.0 Å².